The van der Waals surface area contributed by atoms with Gasteiger partial charge < -0.3 is 14.8 Å². The lowest BCUT2D eigenvalue weighted by Crippen LogP contribution is -2.17. The maximum atomic E-state index is 5.32. The van der Waals surface area contributed by atoms with Crippen molar-refractivity contribution in [2.75, 3.05) is 21.3 Å². The zero-order chi connectivity index (χ0) is 13.8. The minimum absolute atomic E-state index is 0.102. The van der Waals surface area contributed by atoms with Crippen LogP contribution in [0.5, 0.6) is 11.5 Å². The molecular formula is C14H16BrNO2S. The Morgan fingerprint density at radius 3 is 2.16 bits per heavy atom. The van der Waals surface area contributed by atoms with Gasteiger partial charge in [0.1, 0.15) is 11.5 Å². The van der Waals surface area contributed by atoms with Crippen LogP contribution in [0.15, 0.2) is 33.4 Å². The van der Waals surface area contributed by atoms with Crippen LogP contribution in [0.25, 0.3) is 0 Å². The highest BCUT2D eigenvalue weighted by atomic mass is 79.9. The Morgan fingerprint density at radius 2 is 1.74 bits per heavy atom. The lowest BCUT2D eigenvalue weighted by molar-refractivity contribution is 0.392. The molecule has 2 aromatic rings. The molecule has 0 spiro atoms. The first-order valence-electron chi connectivity index (χ1n) is 5.81. The number of nitrogens with one attached hydrogen (secondary N) is 1. The summed E-state index contributed by atoms with van der Waals surface area (Å²) in [5, 5.41) is 7.55. The Morgan fingerprint density at radius 1 is 1.11 bits per heavy atom. The lowest BCUT2D eigenvalue weighted by atomic mass is 10.0. The molecule has 0 aliphatic rings. The Kier molecular flexibility index (Phi) is 4.85. The van der Waals surface area contributed by atoms with Gasteiger partial charge in [0.05, 0.1) is 20.3 Å². The molecule has 0 aliphatic carbocycles. The molecule has 1 unspecified atom stereocenters. The molecule has 19 heavy (non-hydrogen) atoms. The molecule has 0 saturated carbocycles. The summed E-state index contributed by atoms with van der Waals surface area (Å²) in [4.78, 5) is 0. The van der Waals surface area contributed by atoms with Crippen LogP contribution in [0.4, 0.5) is 0 Å². The zero-order valence-electron chi connectivity index (χ0n) is 11.1. The number of ether oxygens (including phenoxy) is 2. The van der Waals surface area contributed by atoms with Crippen molar-refractivity contribution in [2.24, 2.45) is 0 Å². The van der Waals surface area contributed by atoms with Crippen LogP contribution in [0.1, 0.15) is 17.2 Å². The van der Waals surface area contributed by atoms with Crippen molar-refractivity contribution >= 4 is 27.3 Å². The maximum Gasteiger partial charge on any atom is 0.122 e. The zero-order valence-corrected chi connectivity index (χ0v) is 13.5. The van der Waals surface area contributed by atoms with E-state index in [1.165, 1.54) is 5.56 Å². The summed E-state index contributed by atoms with van der Waals surface area (Å²) in [6.07, 6.45) is 0. The quantitative estimate of drug-likeness (QED) is 0.896. The molecule has 0 aliphatic heterocycles. The molecule has 5 heteroatoms. The highest BCUT2D eigenvalue weighted by Crippen LogP contribution is 2.34. The van der Waals surface area contributed by atoms with Gasteiger partial charge in [0.2, 0.25) is 0 Å². The average Bonchev–Trinajstić information content (AvgIpc) is 2.85. The van der Waals surface area contributed by atoms with Gasteiger partial charge in [0.15, 0.2) is 0 Å². The number of benzene rings is 1. The van der Waals surface area contributed by atoms with Crippen LogP contribution in [0, 0.1) is 0 Å². The number of halogens is 1. The molecule has 0 radical (unpaired) electrons. The standard InChI is InChI=1S/C14H16BrNO2S/c1-16-14(12-7-19-8-13(12)15)9-4-10(17-2)6-11(5-9)18-3/h4-8,14,16H,1-3H3. The van der Waals surface area contributed by atoms with E-state index in [1.807, 2.05) is 25.2 Å². The molecule has 0 amide bonds. The SMILES string of the molecule is CNC(c1cc(OC)cc(OC)c1)c1cscc1Br. The van der Waals surface area contributed by atoms with Gasteiger partial charge in [-0.05, 0) is 51.6 Å². The van der Waals surface area contributed by atoms with Crippen molar-refractivity contribution in [1.29, 1.82) is 0 Å². The summed E-state index contributed by atoms with van der Waals surface area (Å²) in [6.45, 7) is 0. The Labute approximate surface area is 125 Å². The van der Waals surface area contributed by atoms with E-state index < -0.39 is 0 Å². The molecular weight excluding hydrogens is 326 g/mol. The van der Waals surface area contributed by atoms with Crippen LogP contribution >= 0.6 is 27.3 Å². The van der Waals surface area contributed by atoms with E-state index in [-0.39, 0.29) is 6.04 Å². The summed E-state index contributed by atoms with van der Waals surface area (Å²) in [5.74, 6) is 1.59. The molecule has 1 N–H and O–H groups in total. The van der Waals surface area contributed by atoms with Crippen molar-refractivity contribution in [3.63, 3.8) is 0 Å². The molecule has 0 fully saturated rings. The number of hydrogen-bond acceptors (Lipinski definition) is 4. The average molecular weight is 342 g/mol. The topological polar surface area (TPSA) is 30.5 Å². The van der Waals surface area contributed by atoms with E-state index in [9.17, 15) is 0 Å². The Balaban J connectivity index is 2.46. The molecule has 3 nitrogen and oxygen atoms in total. The molecule has 2 rings (SSSR count). The van der Waals surface area contributed by atoms with E-state index in [0.29, 0.717) is 0 Å². The molecule has 1 aromatic carbocycles. The lowest BCUT2D eigenvalue weighted by Gasteiger charge is -2.18. The van der Waals surface area contributed by atoms with Crippen LogP contribution in [-0.4, -0.2) is 21.3 Å². The van der Waals surface area contributed by atoms with E-state index in [2.05, 4.69) is 32.0 Å². The van der Waals surface area contributed by atoms with E-state index >= 15 is 0 Å². The molecule has 1 heterocycles. The number of hydrogen-bond donors (Lipinski definition) is 1. The van der Waals surface area contributed by atoms with Crippen LogP contribution in [0.3, 0.4) is 0 Å². The Hall–Kier alpha value is -1.04. The van der Waals surface area contributed by atoms with Gasteiger partial charge in [-0.15, -0.1) is 0 Å². The summed E-state index contributed by atoms with van der Waals surface area (Å²) < 4.78 is 11.8. The number of rotatable bonds is 5. The summed E-state index contributed by atoms with van der Waals surface area (Å²) in [6, 6.07) is 6.02. The third-order valence-corrected chi connectivity index (χ3v) is 4.70. The second-order valence-electron chi connectivity index (χ2n) is 4.04. The summed E-state index contributed by atoms with van der Waals surface area (Å²) in [7, 11) is 5.27. The predicted molar refractivity (Wildman–Crippen MR) is 82.5 cm³/mol. The van der Waals surface area contributed by atoms with Crippen molar-refractivity contribution in [2.45, 2.75) is 6.04 Å². The number of thiophene rings is 1. The molecule has 1 aromatic heterocycles. The molecule has 0 saturated heterocycles. The van der Waals surface area contributed by atoms with Crippen molar-refractivity contribution < 1.29 is 9.47 Å². The molecule has 0 bridgehead atoms. The van der Waals surface area contributed by atoms with Gasteiger partial charge >= 0.3 is 0 Å². The van der Waals surface area contributed by atoms with Gasteiger partial charge in [-0.25, -0.2) is 0 Å². The maximum absolute atomic E-state index is 5.32. The fourth-order valence-electron chi connectivity index (χ4n) is 2.00. The fourth-order valence-corrected chi connectivity index (χ4v) is 3.55. The third-order valence-electron chi connectivity index (χ3n) is 2.95. The van der Waals surface area contributed by atoms with Gasteiger partial charge in [0, 0.05) is 15.9 Å². The minimum Gasteiger partial charge on any atom is -0.497 e. The fraction of sp³-hybridized carbons (Fsp3) is 0.286. The van der Waals surface area contributed by atoms with Crippen LogP contribution in [-0.2, 0) is 0 Å². The molecule has 1 atom stereocenters. The second kappa shape index (κ2) is 6.41. The minimum atomic E-state index is 0.102. The van der Waals surface area contributed by atoms with Crippen LogP contribution in [0.2, 0.25) is 0 Å². The summed E-state index contributed by atoms with van der Waals surface area (Å²) in [5.41, 5.74) is 2.32. The van der Waals surface area contributed by atoms with E-state index in [0.717, 1.165) is 21.5 Å². The highest BCUT2D eigenvalue weighted by molar-refractivity contribution is 9.10. The largest absolute Gasteiger partial charge is 0.497 e. The van der Waals surface area contributed by atoms with Crippen LogP contribution < -0.4 is 14.8 Å². The van der Waals surface area contributed by atoms with Gasteiger partial charge in [0.25, 0.3) is 0 Å². The van der Waals surface area contributed by atoms with Gasteiger partial charge in [-0.1, -0.05) is 0 Å². The predicted octanol–water partition coefficient (Wildman–Crippen LogP) is 3.84. The Bertz CT molecular complexity index is 534. The van der Waals surface area contributed by atoms with Crippen molar-refractivity contribution in [3.8, 4) is 11.5 Å². The monoisotopic (exact) mass is 341 g/mol. The first-order chi connectivity index (χ1) is 9.19. The van der Waals surface area contributed by atoms with E-state index in [4.69, 9.17) is 9.47 Å². The number of methoxy groups -OCH3 is 2. The first-order valence-corrected chi connectivity index (χ1v) is 7.55. The highest BCUT2D eigenvalue weighted by Gasteiger charge is 2.17. The van der Waals surface area contributed by atoms with Gasteiger partial charge in [-0.3, -0.25) is 0 Å². The normalized spacial score (nSPS) is 12.2. The van der Waals surface area contributed by atoms with E-state index in [1.54, 1.807) is 25.6 Å². The second-order valence-corrected chi connectivity index (χ2v) is 5.64. The summed E-state index contributed by atoms with van der Waals surface area (Å²) >= 11 is 5.26. The third kappa shape index (κ3) is 3.11. The molecule has 102 valence electrons. The van der Waals surface area contributed by atoms with Crippen molar-refractivity contribution in [3.05, 3.63) is 44.6 Å². The smallest absolute Gasteiger partial charge is 0.122 e. The van der Waals surface area contributed by atoms with Gasteiger partial charge in [-0.2, -0.15) is 11.3 Å². The van der Waals surface area contributed by atoms with Crippen molar-refractivity contribution in [1.82, 2.24) is 5.32 Å². The first kappa shape index (κ1) is 14.4.